The summed E-state index contributed by atoms with van der Waals surface area (Å²) in [5.74, 6) is -1.19. The van der Waals surface area contributed by atoms with Crippen molar-refractivity contribution >= 4 is 33.6 Å². The van der Waals surface area contributed by atoms with E-state index in [9.17, 15) is 33.8 Å². The summed E-state index contributed by atoms with van der Waals surface area (Å²) in [6.07, 6.45) is -0.824. The highest BCUT2D eigenvalue weighted by Gasteiger charge is 2.65. The van der Waals surface area contributed by atoms with Gasteiger partial charge in [-0.05, 0) is 42.0 Å². The zero-order valence-electron chi connectivity index (χ0n) is 18.7. The molecule has 2 aromatic carbocycles. The van der Waals surface area contributed by atoms with Crippen LogP contribution >= 0.6 is 10.2 Å². The average Bonchev–Trinajstić information content (AvgIpc) is 3.26. The molecular formula is C22H22F5N3O4S. The molecule has 0 bridgehead atoms. The van der Waals surface area contributed by atoms with Crippen LogP contribution in [0.1, 0.15) is 22.3 Å². The Labute approximate surface area is 197 Å². The first-order chi connectivity index (χ1) is 16.0. The smallest absolute Gasteiger partial charge is 0.310 e. The first kappa shape index (κ1) is 24.8. The van der Waals surface area contributed by atoms with Crippen LogP contribution in [0.5, 0.6) is 5.75 Å². The van der Waals surface area contributed by atoms with Gasteiger partial charge in [-0.3, -0.25) is 14.4 Å². The van der Waals surface area contributed by atoms with Gasteiger partial charge in [-0.25, -0.2) is 0 Å². The Morgan fingerprint density at radius 3 is 2.31 bits per heavy atom. The number of halogens is 5. The van der Waals surface area contributed by atoms with E-state index in [4.69, 9.17) is 4.74 Å². The van der Waals surface area contributed by atoms with Gasteiger partial charge in [0.2, 0.25) is 5.91 Å². The fourth-order valence-corrected chi connectivity index (χ4v) is 4.56. The fraction of sp³-hybridized carbons (Fsp3) is 0.318. The van der Waals surface area contributed by atoms with Crippen molar-refractivity contribution in [2.24, 2.45) is 0 Å². The Hall–Kier alpha value is -3.35. The lowest BCUT2D eigenvalue weighted by Crippen LogP contribution is -2.36. The van der Waals surface area contributed by atoms with Crippen LogP contribution in [0.15, 0.2) is 47.4 Å². The van der Waals surface area contributed by atoms with Gasteiger partial charge in [0.25, 0.3) is 11.8 Å². The van der Waals surface area contributed by atoms with Gasteiger partial charge in [-0.1, -0.05) is 25.5 Å². The van der Waals surface area contributed by atoms with Gasteiger partial charge in [0.05, 0.1) is 0 Å². The molecule has 35 heavy (non-hydrogen) atoms. The highest BCUT2D eigenvalue weighted by atomic mass is 32.5. The molecule has 190 valence electrons. The number of hydrogen-bond acceptors (Lipinski definition) is 4. The van der Waals surface area contributed by atoms with Crippen molar-refractivity contribution in [3.63, 3.8) is 0 Å². The SMILES string of the molecule is CN(C)C(=O)CN1Cc2ccc(N3CCC(Oc4ccc(S(F)(F)(F)(F)F)cc4)C3=O)cc2C1=O. The van der Waals surface area contributed by atoms with Crippen LogP contribution in [-0.2, 0) is 16.1 Å². The van der Waals surface area contributed by atoms with Crippen molar-refractivity contribution < 1.29 is 38.5 Å². The summed E-state index contributed by atoms with van der Waals surface area (Å²) in [7, 11) is -6.62. The van der Waals surface area contributed by atoms with E-state index in [1.165, 1.54) is 14.7 Å². The molecule has 0 saturated carbocycles. The van der Waals surface area contributed by atoms with Crippen LogP contribution in [0.3, 0.4) is 0 Å². The molecule has 4 rings (SSSR count). The number of carbonyl (C=O) groups excluding carboxylic acids is 3. The molecule has 7 nitrogen and oxygen atoms in total. The molecule has 2 aromatic rings. The molecular weight excluding hydrogens is 497 g/mol. The van der Waals surface area contributed by atoms with Crippen molar-refractivity contribution in [2.45, 2.75) is 24.0 Å². The molecule has 1 fully saturated rings. The molecule has 1 saturated heterocycles. The molecule has 0 radical (unpaired) electrons. The summed E-state index contributed by atoms with van der Waals surface area (Å²) in [4.78, 5) is 39.7. The minimum atomic E-state index is -9.80. The number of likely N-dealkylation sites (N-methyl/N-ethyl adjacent to an activating group) is 1. The standard InChI is InChI=1S/C22H22F5N3O4S/c1-28(2)20(31)13-29-12-14-3-4-15(11-18(14)21(29)32)30-10-9-19(22(30)33)34-16-5-7-17(8-6-16)35(23,24,25,26)27/h3-8,11,19H,9-10,12-13H2,1-2H3. The number of anilines is 1. The van der Waals surface area contributed by atoms with E-state index in [2.05, 4.69) is 0 Å². The summed E-state index contributed by atoms with van der Waals surface area (Å²) in [6.45, 7) is 0.417. The number of amides is 3. The molecule has 3 amide bonds. The summed E-state index contributed by atoms with van der Waals surface area (Å²) >= 11 is 0. The van der Waals surface area contributed by atoms with Crippen LogP contribution < -0.4 is 9.64 Å². The van der Waals surface area contributed by atoms with E-state index in [0.29, 0.717) is 16.8 Å². The van der Waals surface area contributed by atoms with E-state index in [1.54, 1.807) is 32.3 Å². The predicted octanol–water partition coefficient (Wildman–Crippen LogP) is 4.57. The van der Waals surface area contributed by atoms with Gasteiger partial charge in [0.15, 0.2) is 6.10 Å². The number of hydrogen-bond donors (Lipinski definition) is 0. The lowest BCUT2D eigenvalue weighted by atomic mass is 10.1. The second-order valence-electron chi connectivity index (χ2n) is 8.62. The Bertz CT molecular complexity index is 1220. The quantitative estimate of drug-likeness (QED) is 0.525. The Kier molecular flexibility index (Phi) is 5.36. The van der Waals surface area contributed by atoms with Crippen LogP contribution in [-0.4, -0.2) is 60.8 Å². The van der Waals surface area contributed by atoms with Crippen LogP contribution in [0, 0.1) is 0 Å². The zero-order chi connectivity index (χ0) is 25.8. The number of benzene rings is 2. The van der Waals surface area contributed by atoms with Crippen LogP contribution in [0.2, 0.25) is 0 Å². The van der Waals surface area contributed by atoms with Gasteiger partial charge in [0.1, 0.15) is 17.2 Å². The third kappa shape index (κ3) is 5.04. The van der Waals surface area contributed by atoms with E-state index in [0.717, 1.165) is 12.1 Å². The lowest BCUT2D eigenvalue weighted by Gasteiger charge is -2.40. The molecule has 0 N–H and O–H groups in total. The summed E-state index contributed by atoms with van der Waals surface area (Å²) in [5, 5.41) is 0. The van der Waals surface area contributed by atoms with Gasteiger partial charge in [0, 0.05) is 44.9 Å². The van der Waals surface area contributed by atoms with Crippen molar-refractivity contribution in [3.05, 3.63) is 53.6 Å². The maximum absolute atomic E-state index is 12.9. The highest BCUT2D eigenvalue weighted by Crippen LogP contribution is 3.02. The van der Waals surface area contributed by atoms with Crippen molar-refractivity contribution in [2.75, 3.05) is 32.1 Å². The molecule has 13 heteroatoms. The van der Waals surface area contributed by atoms with Gasteiger partial charge >= 0.3 is 10.2 Å². The molecule has 0 aliphatic carbocycles. The molecule has 2 aliphatic heterocycles. The highest BCUT2D eigenvalue weighted by molar-refractivity contribution is 8.45. The molecule has 0 aromatic heterocycles. The van der Waals surface area contributed by atoms with Gasteiger partial charge < -0.3 is 19.4 Å². The van der Waals surface area contributed by atoms with E-state index in [1.807, 2.05) is 0 Å². The second-order valence-corrected chi connectivity index (χ2v) is 11.0. The van der Waals surface area contributed by atoms with Crippen molar-refractivity contribution in [1.82, 2.24) is 9.80 Å². The predicted molar refractivity (Wildman–Crippen MR) is 119 cm³/mol. The number of fused-ring (bicyclic) bond motifs is 1. The minimum absolute atomic E-state index is 0.0742. The maximum atomic E-state index is 12.9. The first-order valence-corrected chi connectivity index (χ1v) is 12.4. The molecule has 2 heterocycles. The summed E-state index contributed by atoms with van der Waals surface area (Å²) < 4.78 is 69.9. The van der Waals surface area contributed by atoms with E-state index < -0.39 is 27.1 Å². The Balaban J connectivity index is 1.45. The fourth-order valence-electron chi connectivity index (χ4n) is 3.91. The average molecular weight is 519 g/mol. The summed E-state index contributed by atoms with van der Waals surface area (Å²) in [5.41, 5.74) is 1.52. The molecule has 1 atom stereocenters. The van der Waals surface area contributed by atoms with Crippen LogP contribution in [0.4, 0.5) is 25.1 Å². The largest absolute Gasteiger partial charge is 0.481 e. The third-order valence-corrected chi connectivity index (χ3v) is 6.98. The van der Waals surface area contributed by atoms with Gasteiger partial charge in [-0.15, -0.1) is 0 Å². The molecule has 1 unspecified atom stereocenters. The number of rotatable bonds is 6. The Morgan fingerprint density at radius 1 is 1.06 bits per heavy atom. The minimum Gasteiger partial charge on any atom is -0.481 e. The van der Waals surface area contributed by atoms with Crippen molar-refractivity contribution in [1.29, 1.82) is 0 Å². The monoisotopic (exact) mass is 519 g/mol. The maximum Gasteiger partial charge on any atom is 0.310 e. The van der Waals surface area contributed by atoms with Crippen molar-refractivity contribution in [3.8, 4) is 5.75 Å². The zero-order valence-corrected chi connectivity index (χ0v) is 19.5. The van der Waals surface area contributed by atoms with E-state index in [-0.39, 0.29) is 55.8 Å². The number of carbonyl (C=O) groups is 3. The lowest BCUT2D eigenvalue weighted by molar-refractivity contribution is -0.129. The topological polar surface area (TPSA) is 70.2 Å². The first-order valence-electron chi connectivity index (χ1n) is 10.5. The number of nitrogens with zero attached hydrogens (tertiary/aromatic N) is 3. The second kappa shape index (κ2) is 7.57. The summed E-state index contributed by atoms with van der Waals surface area (Å²) in [6, 6.07) is 6.87. The van der Waals surface area contributed by atoms with Gasteiger partial charge in [-0.2, -0.15) is 0 Å². The number of ether oxygens (including phenoxy) is 1. The normalized spacial score (nSPS) is 19.9. The van der Waals surface area contributed by atoms with Crippen LogP contribution in [0.25, 0.3) is 0 Å². The third-order valence-electron chi connectivity index (χ3n) is 5.81. The molecule has 2 aliphatic rings. The molecule has 0 spiro atoms. The van der Waals surface area contributed by atoms with E-state index >= 15 is 0 Å². The Morgan fingerprint density at radius 2 is 1.71 bits per heavy atom.